The molecule has 0 amide bonds. The summed E-state index contributed by atoms with van der Waals surface area (Å²) < 4.78 is 3.64. The average molecular weight is 690 g/mol. The van der Waals surface area contributed by atoms with E-state index in [1.807, 2.05) is 6.92 Å². The van der Waals surface area contributed by atoms with Crippen LogP contribution in [0, 0.1) is 6.92 Å². The molecule has 0 bridgehead atoms. The fraction of sp³-hybridized carbons (Fsp3) is 0.500. The first kappa shape index (κ1) is 24.7. The topological polar surface area (TPSA) is 51.6 Å². The van der Waals surface area contributed by atoms with E-state index in [1.54, 1.807) is 0 Å². The second-order valence-electron chi connectivity index (χ2n) is 8.39. The Morgan fingerprint density at radius 1 is 0.531 bits per heavy atom. The third-order valence-corrected chi connectivity index (χ3v) is 10.1. The average Bonchev–Trinajstić information content (AvgIpc) is 2.78. The minimum absolute atomic E-state index is 0.725. The Morgan fingerprint density at radius 2 is 0.906 bits per heavy atom. The van der Waals surface area contributed by atoms with Gasteiger partial charge in [-0.25, -0.2) is 19.9 Å². The Hall–Kier alpha value is -0.440. The lowest BCUT2D eigenvalue weighted by Gasteiger charge is -2.16. The molecule has 32 heavy (non-hydrogen) atoms. The van der Waals surface area contributed by atoms with Crippen molar-refractivity contribution in [3.8, 4) is 0 Å². The molecule has 0 aliphatic carbocycles. The summed E-state index contributed by atoms with van der Waals surface area (Å²) in [7, 11) is 0. The van der Waals surface area contributed by atoms with Crippen LogP contribution in [0.4, 0.5) is 0 Å². The van der Waals surface area contributed by atoms with E-state index in [9.17, 15) is 0 Å². The lowest BCUT2D eigenvalue weighted by molar-refractivity contribution is 0.562. The third kappa shape index (κ3) is 4.84. The summed E-state index contributed by atoms with van der Waals surface area (Å²) in [5, 5.41) is 1.98. The van der Waals surface area contributed by atoms with Crippen LogP contribution in [-0.4, -0.2) is 19.9 Å². The predicted molar refractivity (Wildman–Crippen MR) is 148 cm³/mol. The van der Waals surface area contributed by atoms with Crippen LogP contribution in [-0.2, 0) is 6.42 Å². The molecule has 170 valence electrons. The van der Waals surface area contributed by atoms with Crippen LogP contribution in [0.15, 0.2) is 17.9 Å². The third-order valence-electron chi connectivity index (χ3n) is 5.95. The SMILES string of the molecule is CCCCCCCCCCCc1nc2c(Br)c(Br)c3nc(C)nc4c(Br)c(Br)c(n1)c2c34. The second kappa shape index (κ2) is 10.9. The van der Waals surface area contributed by atoms with Gasteiger partial charge in [0.05, 0.1) is 40.0 Å². The number of halogens is 4. The van der Waals surface area contributed by atoms with E-state index in [-0.39, 0.29) is 0 Å². The van der Waals surface area contributed by atoms with Gasteiger partial charge in [-0.3, -0.25) is 0 Å². The van der Waals surface area contributed by atoms with Crippen LogP contribution < -0.4 is 0 Å². The van der Waals surface area contributed by atoms with Crippen LogP contribution >= 0.6 is 63.7 Å². The van der Waals surface area contributed by atoms with Gasteiger partial charge in [0.25, 0.3) is 0 Å². The molecule has 8 heteroatoms. The summed E-state index contributed by atoms with van der Waals surface area (Å²) in [5.41, 5.74) is 3.57. The first-order valence-electron chi connectivity index (χ1n) is 11.4. The molecule has 0 unspecified atom stereocenters. The standard InChI is InChI=1S/C24H26Br4N4/c1-3-4-5-6-7-8-9-10-11-12-14-31-23-16-15-21(17(25)19(23)27)29-13(2)30-22(15)18(26)20(28)24(16)32-14/h3-12H2,1-2H3. The van der Waals surface area contributed by atoms with Gasteiger partial charge >= 0.3 is 0 Å². The molecule has 4 aromatic rings. The van der Waals surface area contributed by atoms with Gasteiger partial charge in [0.1, 0.15) is 11.6 Å². The highest BCUT2D eigenvalue weighted by atomic mass is 79.9. The summed E-state index contributed by atoms with van der Waals surface area (Å²) in [5.74, 6) is 1.61. The zero-order valence-corrected chi connectivity index (χ0v) is 24.7. The Morgan fingerprint density at radius 3 is 1.34 bits per heavy atom. The van der Waals surface area contributed by atoms with Crippen molar-refractivity contribution < 1.29 is 0 Å². The fourth-order valence-corrected chi connectivity index (χ4v) is 6.21. The number of hydrogen-bond donors (Lipinski definition) is 0. The lowest BCUT2D eigenvalue weighted by atomic mass is 10.0. The van der Waals surface area contributed by atoms with Crippen molar-refractivity contribution in [2.75, 3.05) is 0 Å². The number of aryl methyl sites for hydroxylation is 2. The molecular weight excluding hydrogens is 664 g/mol. The van der Waals surface area contributed by atoms with E-state index in [1.165, 1.54) is 51.4 Å². The van der Waals surface area contributed by atoms with Crippen molar-refractivity contribution in [2.45, 2.75) is 78.1 Å². The van der Waals surface area contributed by atoms with E-state index >= 15 is 0 Å². The van der Waals surface area contributed by atoms with E-state index < -0.39 is 0 Å². The van der Waals surface area contributed by atoms with Crippen LogP contribution in [0.5, 0.6) is 0 Å². The maximum absolute atomic E-state index is 4.97. The number of hydrogen-bond acceptors (Lipinski definition) is 4. The molecule has 2 aromatic heterocycles. The van der Waals surface area contributed by atoms with Gasteiger partial charge in [0.2, 0.25) is 0 Å². The van der Waals surface area contributed by atoms with Crippen molar-refractivity contribution in [3.05, 3.63) is 29.5 Å². The minimum Gasteiger partial charge on any atom is -0.232 e. The fourth-order valence-electron chi connectivity index (χ4n) is 4.31. The summed E-state index contributed by atoms with van der Waals surface area (Å²) in [6, 6.07) is 0. The number of nitrogens with zero attached hydrogens (tertiary/aromatic N) is 4. The molecule has 0 aliphatic rings. The van der Waals surface area contributed by atoms with Crippen molar-refractivity contribution in [1.82, 2.24) is 19.9 Å². The molecule has 0 fully saturated rings. The molecule has 0 aliphatic heterocycles. The number of aromatic nitrogens is 4. The molecule has 0 saturated carbocycles. The van der Waals surface area contributed by atoms with E-state index in [2.05, 4.69) is 70.6 Å². The number of unbranched alkanes of at least 4 members (excludes halogenated alkanes) is 8. The summed E-state index contributed by atoms with van der Waals surface area (Å²) in [6.07, 6.45) is 12.7. The van der Waals surface area contributed by atoms with Crippen LogP contribution in [0.25, 0.3) is 32.8 Å². The van der Waals surface area contributed by atoms with E-state index in [0.717, 1.165) is 75.2 Å². The summed E-state index contributed by atoms with van der Waals surface area (Å²) in [6.45, 7) is 4.18. The molecule has 0 saturated heterocycles. The smallest absolute Gasteiger partial charge is 0.129 e. The molecular formula is C24H26Br4N4. The van der Waals surface area contributed by atoms with Gasteiger partial charge in [-0.15, -0.1) is 0 Å². The molecule has 0 N–H and O–H groups in total. The molecule has 2 aromatic carbocycles. The van der Waals surface area contributed by atoms with Crippen molar-refractivity contribution in [2.24, 2.45) is 0 Å². The molecule has 2 heterocycles. The highest BCUT2D eigenvalue weighted by Gasteiger charge is 2.24. The molecule has 0 spiro atoms. The van der Waals surface area contributed by atoms with Gasteiger partial charge in [-0.05, 0) is 77.1 Å². The Balaban J connectivity index is 1.61. The first-order chi connectivity index (χ1) is 15.4. The highest BCUT2D eigenvalue weighted by molar-refractivity contribution is 9.13. The second-order valence-corrected chi connectivity index (χ2v) is 11.6. The van der Waals surface area contributed by atoms with Crippen LogP contribution in [0.3, 0.4) is 0 Å². The molecule has 0 radical (unpaired) electrons. The maximum atomic E-state index is 4.97. The molecule has 0 atom stereocenters. The van der Waals surface area contributed by atoms with Gasteiger partial charge in [0.15, 0.2) is 0 Å². The molecule has 4 rings (SSSR count). The largest absolute Gasteiger partial charge is 0.232 e. The van der Waals surface area contributed by atoms with Gasteiger partial charge in [-0.1, -0.05) is 58.3 Å². The zero-order valence-electron chi connectivity index (χ0n) is 18.4. The van der Waals surface area contributed by atoms with E-state index in [4.69, 9.17) is 19.9 Å². The Bertz CT molecular complexity index is 1180. The Kier molecular flexibility index (Phi) is 8.38. The Labute approximate surface area is 222 Å². The normalized spacial score (nSPS) is 12.1. The number of rotatable bonds is 10. The highest BCUT2D eigenvalue weighted by Crippen LogP contribution is 2.46. The van der Waals surface area contributed by atoms with Crippen LogP contribution in [0.1, 0.15) is 76.4 Å². The summed E-state index contributed by atoms with van der Waals surface area (Å²) in [4.78, 5) is 19.3. The zero-order chi connectivity index (χ0) is 22.8. The minimum atomic E-state index is 0.725. The molecule has 4 nitrogen and oxygen atoms in total. The van der Waals surface area contributed by atoms with Crippen molar-refractivity contribution in [3.63, 3.8) is 0 Å². The number of benzene rings is 2. The lowest BCUT2D eigenvalue weighted by Crippen LogP contribution is -2.03. The van der Waals surface area contributed by atoms with Gasteiger partial charge < -0.3 is 0 Å². The monoisotopic (exact) mass is 686 g/mol. The predicted octanol–water partition coefficient (Wildman–Crippen LogP) is 9.60. The summed E-state index contributed by atoms with van der Waals surface area (Å²) >= 11 is 15.0. The van der Waals surface area contributed by atoms with Gasteiger partial charge in [-0.2, -0.15) is 0 Å². The van der Waals surface area contributed by atoms with Crippen LogP contribution in [0.2, 0.25) is 0 Å². The van der Waals surface area contributed by atoms with Gasteiger partial charge in [0, 0.05) is 17.2 Å². The van der Waals surface area contributed by atoms with Crippen molar-refractivity contribution in [1.29, 1.82) is 0 Å². The maximum Gasteiger partial charge on any atom is 0.129 e. The van der Waals surface area contributed by atoms with E-state index in [0.29, 0.717) is 0 Å². The van der Waals surface area contributed by atoms with Crippen molar-refractivity contribution >= 4 is 96.6 Å². The first-order valence-corrected chi connectivity index (χ1v) is 14.5. The quantitative estimate of drug-likeness (QED) is 0.123.